The fraction of sp³-hybridized carbons (Fsp3) is 0.357. The number of nitrogens with zero attached hydrogens (tertiary/aromatic N) is 2. The molecule has 1 aromatic carbocycles. The number of hydrogen-bond donors (Lipinski definition) is 1. The molecule has 1 aromatic heterocycles. The number of carbonyl (C=O) groups is 1. The summed E-state index contributed by atoms with van der Waals surface area (Å²) in [5.41, 5.74) is 2.00. The lowest BCUT2D eigenvalue weighted by molar-refractivity contribution is -0.137. The van der Waals surface area contributed by atoms with Crippen LogP contribution in [0.5, 0.6) is 0 Å². The molecule has 0 saturated carbocycles. The lowest BCUT2D eigenvalue weighted by Gasteiger charge is -2.11. The zero-order valence-electron chi connectivity index (χ0n) is 11.0. The largest absolute Gasteiger partial charge is 0.481 e. The van der Waals surface area contributed by atoms with Crippen LogP contribution in [0, 0.1) is 6.92 Å². The molecule has 5 nitrogen and oxygen atoms in total. The standard InChI is InChI=1S/C14H16N2O3/c1-3-12-15-16-14(19-12)11(8-13(17)18)10-6-4-9(2)5-7-10/h4-7,11H,3,8H2,1-2H3,(H,17,18). The Labute approximate surface area is 111 Å². The molecule has 1 heterocycles. The van der Waals surface area contributed by atoms with E-state index in [0.717, 1.165) is 11.1 Å². The first-order valence-electron chi connectivity index (χ1n) is 6.20. The van der Waals surface area contributed by atoms with Crippen molar-refractivity contribution < 1.29 is 14.3 Å². The molecule has 0 saturated heterocycles. The second kappa shape index (κ2) is 5.65. The first-order chi connectivity index (χ1) is 9.10. The monoisotopic (exact) mass is 260 g/mol. The lowest BCUT2D eigenvalue weighted by Crippen LogP contribution is -2.08. The van der Waals surface area contributed by atoms with Crippen molar-refractivity contribution in [1.82, 2.24) is 10.2 Å². The number of aliphatic carboxylic acids is 1. The van der Waals surface area contributed by atoms with Gasteiger partial charge in [-0.3, -0.25) is 4.79 Å². The summed E-state index contributed by atoms with van der Waals surface area (Å²) in [5.74, 6) is -0.395. The van der Waals surface area contributed by atoms with Crippen molar-refractivity contribution in [3.8, 4) is 0 Å². The summed E-state index contributed by atoms with van der Waals surface area (Å²) >= 11 is 0. The van der Waals surface area contributed by atoms with Gasteiger partial charge in [-0.1, -0.05) is 36.8 Å². The molecule has 2 aromatic rings. The molecule has 0 aliphatic carbocycles. The molecule has 0 radical (unpaired) electrons. The predicted octanol–water partition coefficient (Wildman–Crippen LogP) is 2.55. The molecular weight excluding hydrogens is 244 g/mol. The molecular formula is C14H16N2O3. The molecule has 5 heteroatoms. The summed E-state index contributed by atoms with van der Waals surface area (Å²) in [6, 6.07) is 7.69. The van der Waals surface area contributed by atoms with Crippen molar-refractivity contribution in [3.05, 3.63) is 47.2 Å². The van der Waals surface area contributed by atoms with Gasteiger partial charge in [0.05, 0.1) is 12.3 Å². The fourth-order valence-corrected chi connectivity index (χ4v) is 1.87. The molecule has 100 valence electrons. The maximum absolute atomic E-state index is 11.0. The van der Waals surface area contributed by atoms with Crippen molar-refractivity contribution in [1.29, 1.82) is 0 Å². The average Bonchev–Trinajstić information content (AvgIpc) is 2.85. The number of rotatable bonds is 5. The highest BCUT2D eigenvalue weighted by atomic mass is 16.4. The van der Waals surface area contributed by atoms with Gasteiger partial charge in [0.2, 0.25) is 11.8 Å². The van der Waals surface area contributed by atoms with Crippen LogP contribution in [0.2, 0.25) is 0 Å². The third-order valence-corrected chi connectivity index (χ3v) is 2.94. The number of aromatic nitrogens is 2. The van der Waals surface area contributed by atoms with Gasteiger partial charge in [0.25, 0.3) is 0 Å². The van der Waals surface area contributed by atoms with E-state index in [0.29, 0.717) is 18.2 Å². The summed E-state index contributed by atoms with van der Waals surface area (Å²) in [7, 11) is 0. The Morgan fingerprint density at radius 2 is 2.00 bits per heavy atom. The molecule has 0 amide bonds. The van der Waals surface area contributed by atoms with E-state index in [4.69, 9.17) is 9.52 Å². The predicted molar refractivity (Wildman–Crippen MR) is 69.0 cm³/mol. The number of carboxylic acids is 1. The SMILES string of the molecule is CCc1nnc(C(CC(=O)O)c2ccc(C)cc2)o1. The Hall–Kier alpha value is -2.17. The number of benzene rings is 1. The van der Waals surface area contributed by atoms with Crippen LogP contribution in [0.15, 0.2) is 28.7 Å². The Morgan fingerprint density at radius 3 is 2.53 bits per heavy atom. The van der Waals surface area contributed by atoms with E-state index < -0.39 is 11.9 Å². The van der Waals surface area contributed by atoms with Gasteiger partial charge in [-0.25, -0.2) is 0 Å². The van der Waals surface area contributed by atoms with Crippen LogP contribution in [-0.2, 0) is 11.2 Å². The molecule has 0 aliphatic heterocycles. The van der Waals surface area contributed by atoms with Crippen molar-refractivity contribution >= 4 is 5.97 Å². The molecule has 0 aliphatic rings. The van der Waals surface area contributed by atoms with E-state index >= 15 is 0 Å². The molecule has 1 N–H and O–H groups in total. The topological polar surface area (TPSA) is 76.2 Å². The van der Waals surface area contributed by atoms with E-state index in [9.17, 15) is 4.79 Å². The summed E-state index contributed by atoms with van der Waals surface area (Å²) in [6.07, 6.45) is 0.578. The van der Waals surface area contributed by atoms with Gasteiger partial charge >= 0.3 is 5.97 Å². The zero-order valence-corrected chi connectivity index (χ0v) is 11.0. The van der Waals surface area contributed by atoms with Crippen molar-refractivity contribution in [3.63, 3.8) is 0 Å². The first kappa shape index (κ1) is 13.3. The molecule has 0 spiro atoms. The minimum Gasteiger partial charge on any atom is -0.481 e. The van der Waals surface area contributed by atoms with Crippen LogP contribution in [0.25, 0.3) is 0 Å². The van der Waals surface area contributed by atoms with Gasteiger partial charge in [0.1, 0.15) is 0 Å². The Morgan fingerprint density at radius 1 is 1.32 bits per heavy atom. The summed E-state index contributed by atoms with van der Waals surface area (Å²) < 4.78 is 5.49. The summed E-state index contributed by atoms with van der Waals surface area (Å²) in [4.78, 5) is 11.0. The van der Waals surface area contributed by atoms with E-state index in [1.807, 2.05) is 38.1 Å². The van der Waals surface area contributed by atoms with Crippen LogP contribution < -0.4 is 0 Å². The Balaban J connectivity index is 2.34. The highest BCUT2D eigenvalue weighted by Gasteiger charge is 2.23. The first-order valence-corrected chi connectivity index (χ1v) is 6.20. The van der Waals surface area contributed by atoms with Crippen molar-refractivity contribution in [2.45, 2.75) is 32.6 Å². The van der Waals surface area contributed by atoms with Crippen LogP contribution in [0.1, 0.15) is 42.2 Å². The molecule has 0 bridgehead atoms. The highest BCUT2D eigenvalue weighted by Crippen LogP contribution is 2.27. The Kier molecular flexibility index (Phi) is 3.94. The minimum absolute atomic E-state index is 0.0611. The van der Waals surface area contributed by atoms with Crippen LogP contribution in [-0.4, -0.2) is 21.3 Å². The maximum atomic E-state index is 11.0. The van der Waals surface area contributed by atoms with Crippen LogP contribution in [0.4, 0.5) is 0 Å². The zero-order chi connectivity index (χ0) is 13.8. The van der Waals surface area contributed by atoms with Gasteiger partial charge in [-0.2, -0.15) is 0 Å². The van der Waals surface area contributed by atoms with Gasteiger partial charge in [-0.15, -0.1) is 10.2 Å². The minimum atomic E-state index is -0.887. The average molecular weight is 260 g/mol. The number of aryl methyl sites for hydroxylation is 2. The summed E-state index contributed by atoms with van der Waals surface area (Å²) in [6.45, 7) is 3.90. The molecule has 1 unspecified atom stereocenters. The van der Waals surface area contributed by atoms with Gasteiger partial charge in [0.15, 0.2) is 0 Å². The molecule has 1 atom stereocenters. The second-order valence-corrected chi connectivity index (χ2v) is 4.45. The quantitative estimate of drug-likeness (QED) is 0.894. The van der Waals surface area contributed by atoms with Gasteiger partial charge in [0, 0.05) is 6.42 Å². The number of hydrogen-bond acceptors (Lipinski definition) is 4. The third kappa shape index (κ3) is 3.19. The van der Waals surface area contributed by atoms with E-state index in [1.54, 1.807) is 0 Å². The molecule has 0 fully saturated rings. The fourth-order valence-electron chi connectivity index (χ4n) is 1.87. The van der Waals surface area contributed by atoms with Crippen molar-refractivity contribution in [2.24, 2.45) is 0 Å². The number of carboxylic acid groups (broad SMARTS) is 1. The van der Waals surface area contributed by atoms with Crippen molar-refractivity contribution in [2.75, 3.05) is 0 Å². The van der Waals surface area contributed by atoms with E-state index in [2.05, 4.69) is 10.2 Å². The van der Waals surface area contributed by atoms with E-state index in [-0.39, 0.29) is 6.42 Å². The summed E-state index contributed by atoms with van der Waals surface area (Å²) in [5, 5.41) is 16.9. The van der Waals surface area contributed by atoms with Gasteiger partial charge in [-0.05, 0) is 12.5 Å². The smallest absolute Gasteiger partial charge is 0.304 e. The Bertz CT molecular complexity index is 560. The molecule has 2 rings (SSSR count). The maximum Gasteiger partial charge on any atom is 0.304 e. The highest BCUT2D eigenvalue weighted by molar-refractivity contribution is 5.68. The van der Waals surface area contributed by atoms with Crippen LogP contribution in [0.3, 0.4) is 0 Å². The molecule has 19 heavy (non-hydrogen) atoms. The van der Waals surface area contributed by atoms with E-state index in [1.165, 1.54) is 0 Å². The lowest BCUT2D eigenvalue weighted by atomic mass is 9.95. The second-order valence-electron chi connectivity index (χ2n) is 4.45. The third-order valence-electron chi connectivity index (χ3n) is 2.94. The normalized spacial score (nSPS) is 12.3. The van der Waals surface area contributed by atoms with Crippen LogP contribution >= 0.6 is 0 Å². The van der Waals surface area contributed by atoms with Gasteiger partial charge < -0.3 is 9.52 Å².